The number of amides is 4. The lowest BCUT2D eigenvalue weighted by molar-refractivity contribution is -0.128. The minimum Gasteiger partial charge on any atom is -0.444 e. The van der Waals surface area contributed by atoms with Crippen molar-refractivity contribution in [2.24, 2.45) is 0 Å². The summed E-state index contributed by atoms with van der Waals surface area (Å²) in [6.45, 7) is 6.72. The van der Waals surface area contributed by atoms with Gasteiger partial charge in [-0.3, -0.25) is 19.2 Å². The first-order valence-corrected chi connectivity index (χ1v) is 14.1. The minimum absolute atomic E-state index is 0.401. The van der Waals surface area contributed by atoms with Gasteiger partial charge < -0.3 is 30.6 Å². The van der Waals surface area contributed by atoms with Crippen molar-refractivity contribution in [1.82, 2.24) is 21.3 Å². The maximum absolute atomic E-state index is 14.4. The standard InChI is InChI=1S/C27H35N4O7P/c1-18(30-26(36)38-27(3,4)5)24(35)29-16-22(33)28-17-23(34)31-25(19(2)32)39(37,20-12-8-6-9-13-20)21-14-10-7-11-15-21/h6-15,18,25H,16-17H2,1-5H3,(H,28,33)(H,29,35)(H,30,36)(H,31,34)/t18-,25?/m0/s1. The Morgan fingerprint density at radius 1 is 0.795 bits per heavy atom. The number of nitrogens with one attached hydrogen (secondary N) is 4. The Morgan fingerprint density at radius 3 is 1.74 bits per heavy atom. The lowest BCUT2D eigenvalue weighted by atomic mass is 10.2. The van der Waals surface area contributed by atoms with Gasteiger partial charge in [-0.25, -0.2) is 4.79 Å². The normalized spacial score (nSPS) is 12.8. The molecule has 0 heterocycles. The molecule has 12 heteroatoms. The highest BCUT2D eigenvalue weighted by atomic mass is 31.2. The molecule has 2 aromatic rings. The number of hydrogen-bond acceptors (Lipinski definition) is 7. The summed E-state index contributed by atoms with van der Waals surface area (Å²) in [5.74, 6) is -3.92. The largest absolute Gasteiger partial charge is 0.444 e. The highest BCUT2D eigenvalue weighted by Gasteiger charge is 2.40. The van der Waals surface area contributed by atoms with Crippen LogP contribution in [-0.2, 0) is 28.5 Å². The summed E-state index contributed by atoms with van der Waals surface area (Å²) in [4.78, 5) is 61.5. The van der Waals surface area contributed by atoms with Crippen LogP contribution in [-0.4, -0.2) is 60.1 Å². The molecular formula is C27H35N4O7P. The molecule has 210 valence electrons. The molecule has 0 spiro atoms. The third-order valence-corrected chi connectivity index (χ3v) is 8.67. The molecule has 11 nitrogen and oxygen atoms in total. The van der Waals surface area contributed by atoms with Crippen LogP contribution in [0.3, 0.4) is 0 Å². The van der Waals surface area contributed by atoms with Crippen LogP contribution in [0.4, 0.5) is 4.79 Å². The van der Waals surface area contributed by atoms with E-state index in [1.807, 2.05) is 0 Å². The van der Waals surface area contributed by atoms with Gasteiger partial charge >= 0.3 is 6.09 Å². The Morgan fingerprint density at radius 2 is 1.28 bits per heavy atom. The van der Waals surface area contributed by atoms with Crippen molar-refractivity contribution in [1.29, 1.82) is 0 Å². The Balaban J connectivity index is 1.99. The van der Waals surface area contributed by atoms with Crippen LogP contribution in [0.5, 0.6) is 0 Å². The number of alkyl carbamates (subject to hydrolysis) is 1. The predicted molar refractivity (Wildman–Crippen MR) is 147 cm³/mol. The maximum atomic E-state index is 14.4. The van der Waals surface area contributed by atoms with Crippen LogP contribution in [0.15, 0.2) is 60.7 Å². The van der Waals surface area contributed by atoms with Gasteiger partial charge in [0, 0.05) is 10.6 Å². The fourth-order valence-corrected chi connectivity index (χ4v) is 6.47. The molecule has 1 unspecified atom stereocenters. The Bertz CT molecular complexity index is 1190. The predicted octanol–water partition coefficient (Wildman–Crippen LogP) is 1.18. The van der Waals surface area contributed by atoms with E-state index < -0.39 is 67.3 Å². The van der Waals surface area contributed by atoms with E-state index in [9.17, 15) is 28.5 Å². The molecular weight excluding hydrogens is 523 g/mol. The number of ketones is 1. The summed E-state index contributed by atoms with van der Waals surface area (Å²) >= 11 is 0. The van der Waals surface area contributed by atoms with Gasteiger partial charge in [-0.15, -0.1) is 0 Å². The zero-order valence-corrected chi connectivity index (χ0v) is 23.5. The van der Waals surface area contributed by atoms with E-state index in [4.69, 9.17) is 4.74 Å². The van der Waals surface area contributed by atoms with E-state index in [1.165, 1.54) is 13.8 Å². The quantitative estimate of drug-likeness (QED) is 0.301. The molecule has 4 amide bonds. The molecule has 2 rings (SSSR count). The lowest BCUT2D eigenvalue weighted by Gasteiger charge is -2.27. The summed E-state index contributed by atoms with van der Waals surface area (Å²) < 4.78 is 19.5. The molecule has 2 atom stereocenters. The van der Waals surface area contributed by atoms with Gasteiger partial charge in [0.2, 0.25) is 17.7 Å². The molecule has 0 aliphatic carbocycles. The summed E-state index contributed by atoms with van der Waals surface area (Å²) in [5, 5.41) is 10.4. The lowest BCUT2D eigenvalue weighted by Crippen LogP contribution is -2.50. The van der Waals surface area contributed by atoms with Crippen molar-refractivity contribution in [2.45, 2.75) is 52.0 Å². The average Bonchev–Trinajstić information content (AvgIpc) is 2.88. The molecule has 0 aromatic heterocycles. The number of Topliss-reactive ketones (excluding diaryl/α,β-unsaturated/α-hetero) is 1. The van der Waals surface area contributed by atoms with Gasteiger partial charge in [0.1, 0.15) is 17.4 Å². The van der Waals surface area contributed by atoms with Crippen LogP contribution in [0, 0.1) is 0 Å². The monoisotopic (exact) mass is 558 g/mol. The number of rotatable bonds is 11. The van der Waals surface area contributed by atoms with Gasteiger partial charge in [0.15, 0.2) is 12.9 Å². The Kier molecular flexibility index (Phi) is 11.0. The van der Waals surface area contributed by atoms with E-state index >= 15 is 0 Å². The maximum Gasteiger partial charge on any atom is 0.408 e. The second-order valence-electron chi connectivity index (χ2n) is 9.77. The number of hydrogen-bond donors (Lipinski definition) is 4. The zero-order chi connectivity index (χ0) is 29.2. The second kappa shape index (κ2) is 13.7. The van der Waals surface area contributed by atoms with E-state index in [0.29, 0.717) is 10.6 Å². The highest BCUT2D eigenvalue weighted by molar-refractivity contribution is 7.80. The molecule has 0 radical (unpaired) electrons. The van der Waals surface area contributed by atoms with Gasteiger partial charge in [0.25, 0.3) is 0 Å². The number of ether oxygens (including phenoxy) is 1. The second-order valence-corrected chi connectivity index (χ2v) is 12.6. The first-order valence-electron chi connectivity index (χ1n) is 12.3. The third kappa shape index (κ3) is 9.37. The highest BCUT2D eigenvalue weighted by Crippen LogP contribution is 2.47. The van der Waals surface area contributed by atoms with Crippen LogP contribution in [0.1, 0.15) is 34.6 Å². The van der Waals surface area contributed by atoms with Crippen molar-refractivity contribution in [2.75, 3.05) is 13.1 Å². The van der Waals surface area contributed by atoms with Crippen molar-refractivity contribution < 1.29 is 33.3 Å². The Hall–Kier alpha value is -3.98. The van der Waals surface area contributed by atoms with E-state index in [-0.39, 0.29) is 0 Å². The molecule has 0 bridgehead atoms. The SMILES string of the molecule is CC(=O)C(NC(=O)CNC(=O)CNC(=O)[C@H](C)NC(=O)OC(C)(C)C)P(=O)(c1ccccc1)c1ccccc1. The fourth-order valence-electron chi connectivity index (χ4n) is 3.51. The summed E-state index contributed by atoms with van der Waals surface area (Å²) in [6.07, 6.45) is -0.783. The Labute approximate surface area is 227 Å². The van der Waals surface area contributed by atoms with Gasteiger partial charge in [-0.2, -0.15) is 0 Å². The van der Waals surface area contributed by atoms with Crippen molar-refractivity contribution in [3.8, 4) is 0 Å². The molecule has 39 heavy (non-hydrogen) atoms. The number of carbonyl (C=O) groups excluding carboxylic acids is 5. The first-order chi connectivity index (χ1) is 18.2. The third-order valence-electron chi connectivity index (χ3n) is 5.32. The van der Waals surface area contributed by atoms with Crippen LogP contribution >= 0.6 is 7.14 Å². The molecule has 0 saturated carbocycles. The molecule has 4 N–H and O–H groups in total. The topological polar surface area (TPSA) is 160 Å². The molecule has 0 fully saturated rings. The first kappa shape index (κ1) is 31.2. The molecule has 0 aliphatic heterocycles. The zero-order valence-electron chi connectivity index (χ0n) is 22.6. The summed E-state index contributed by atoms with van der Waals surface area (Å²) in [7, 11) is -3.65. The molecule has 0 saturated heterocycles. The average molecular weight is 559 g/mol. The van der Waals surface area contributed by atoms with Crippen molar-refractivity contribution >= 4 is 47.3 Å². The molecule has 0 aliphatic rings. The minimum atomic E-state index is -3.65. The summed E-state index contributed by atoms with van der Waals surface area (Å²) in [5.41, 5.74) is -0.738. The van der Waals surface area contributed by atoms with Gasteiger partial charge in [-0.1, -0.05) is 60.7 Å². The van der Waals surface area contributed by atoms with E-state index in [0.717, 1.165) is 0 Å². The van der Waals surface area contributed by atoms with Crippen LogP contribution < -0.4 is 31.9 Å². The number of carbonyl (C=O) groups is 5. The van der Waals surface area contributed by atoms with Gasteiger partial charge in [-0.05, 0) is 34.6 Å². The van der Waals surface area contributed by atoms with Crippen LogP contribution in [0.2, 0.25) is 0 Å². The smallest absolute Gasteiger partial charge is 0.408 e. The van der Waals surface area contributed by atoms with Gasteiger partial charge in [0.05, 0.1) is 13.1 Å². The van der Waals surface area contributed by atoms with Crippen molar-refractivity contribution in [3.05, 3.63) is 60.7 Å². The van der Waals surface area contributed by atoms with Crippen molar-refractivity contribution in [3.63, 3.8) is 0 Å². The summed E-state index contributed by atoms with van der Waals surface area (Å²) in [6, 6.07) is 15.9. The number of benzene rings is 2. The van der Waals surface area contributed by atoms with E-state index in [2.05, 4.69) is 21.3 Å². The molecule has 2 aromatic carbocycles. The fraction of sp³-hybridized carbons (Fsp3) is 0.370. The van der Waals surface area contributed by atoms with Crippen LogP contribution in [0.25, 0.3) is 0 Å². The van der Waals surface area contributed by atoms with E-state index in [1.54, 1.807) is 81.4 Å².